The summed E-state index contributed by atoms with van der Waals surface area (Å²) in [6.45, 7) is 10.0. The Morgan fingerprint density at radius 3 is 2.53 bits per heavy atom. The fourth-order valence-electron chi connectivity index (χ4n) is 4.47. The first-order valence-corrected chi connectivity index (χ1v) is 11.3. The zero-order valence-corrected chi connectivity index (χ0v) is 19.8. The van der Waals surface area contributed by atoms with Crippen LogP contribution in [0, 0.1) is 6.92 Å². The van der Waals surface area contributed by atoms with Crippen molar-refractivity contribution >= 4 is 22.5 Å². The third kappa shape index (κ3) is 4.72. The summed E-state index contributed by atoms with van der Waals surface area (Å²) in [5.41, 5.74) is 1.43. The highest BCUT2D eigenvalue weighted by molar-refractivity contribution is 5.90. The van der Waals surface area contributed by atoms with Crippen molar-refractivity contribution in [1.82, 2.24) is 19.9 Å². The first-order chi connectivity index (χ1) is 16.2. The van der Waals surface area contributed by atoms with Crippen molar-refractivity contribution in [1.29, 1.82) is 0 Å². The lowest BCUT2D eigenvalue weighted by atomic mass is 9.97. The smallest absolute Gasteiger partial charge is 0.416 e. The Kier molecular flexibility index (Phi) is 6.79. The number of benzene rings is 1. The predicted molar refractivity (Wildman–Crippen MR) is 126 cm³/mol. The number of alkyl halides is 3. The quantitative estimate of drug-likeness (QED) is 0.557. The van der Waals surface area contributed by atoms with Crippen LogP contribution in [0.15, 0.2) is 30.6 Å². The van der Waals surface area contributed by atoms with Crippen LogP contribution in [0.4, 0.5) is 24.7 Å². The minimum atomic E-state index is -4.40. The van der Waals surface area contributed by atoms with Crippen LogP contribution in [0.2, 0.25) is 0 Å². The van der Waals surface area contributed by atoms with Gasteiger partial charge >= 0.3 is 6.18 Å². The third-order valence-electron chi connectivity index (χ3n) is 6.42. The summed E-state index contributed by atoms with van der Waals surface area (Å²) in [4.78, 5) is 17.9. The van der Waals surface area contributed by atoms with Gasteiger partial charge in [-0.3, -0.25) is 0 Å². The number of nitrogens with one attached hydrogen (secondary N) is 1. The molecule has 0 aliphatic carbocycles. The fourth-order valence-corrected chi connectivity index (χ4v) is 4.47. The first-order valence-electron chi connectivity index (χ1n) is 11.3. The second-order valence-electron chi connectivity index (χ2n) is 8.42. The maximum Gasteiger partial charge on any atom is 0.416 e. The van der Waals surface area contributed by atoms with Gasteiger partial charge in [0.15, 0.2) is 5.65 Å². The molecular formula is C24H29F3N6O. The molecule has 3 aromatic rings. The molecule has 0 unspecified atom stereocenters. The van der Waals surface area contributed by atoms with E-state index in [1.54, 1.807) is 13.2 Å². The molecule has 1 atom stereocenters. The van der Waals surface area contributed by atoms with Gasteiger partial charge in [-0.25, -0.2) is 9.97 Å². The van der Waals surface area contributed by atoms with Gasteiger partial charge in [-0.2, -0.15) is 18.2 Å². The number of piperazine rings is 1. The van der Waals surface area contributed by atoms with Crippen molar-refractivity contribution < 1.29 is 17.9 Å². The number of anilines is 2. The number of fused-ring (bicyclic) bond motifs is 1. The highest BCUT2D eigenvalue weighted by Crippen LogP contribution is 2.36. The summed E-state index contributed by atoms with van der Waals surface area (Å²) >= 11 is 0. The molecule has 34 heavy (non-hydrogen) atoms. The molecule has 3 heterocycles. The van der Waals surface area contributed by atoms with Crippen molar-refractivity contribution in [3.05, 3.63) is 47.3 Å². The maximum absolute atomic E-state index is 13.4. The number of aromatic nitrogens is 3. The van der Waals surface area contributed by atoms with Gasteiger partial charge in [-0.05, 0) is 43.7 Å². The SMILES string of the molecule is CCN1CCN(c2cc3c(N[C@H](C)c4cccc(C(F)(F)F)c4C)ncnc3nc2OC)CC1. The van der Waals surface area contributed by atoms with Gasteiger partial charge in [0.25, 0.3) is 0 Å². The molecule has 1 aliphatic rings. The predicted octanol–water partition coefficient (Wildman–Crippen LogP) is 4.68. The van der Waals surface area contributed by atoms with E-state index < -0.39 is 17.8 Å². The summed E-state index contributed by atoms with van der Waals surface area (Å²) in [5, 5.41) is 3.97. The number of pyridine rings is 1. The number of likely N-dealkylation sites (N-methyl/N-ethyl adjacent to an activating group) is 1. The van der Waals surface area contributed by atoms with Crippen LogP contribution < -0.4 is 15.0 Å². The Morgan fingerprint density at radius 1 is 1.15 bits per heavy atom. The van der Waals surface area contributed by atoms with Crippen LogP contribution in [0.25, 0.3) is 11.0 Å². The number of rotatable bonds is 6. The molecule has 1 saturated heterocycles. The first kappa shape index (κ1) is 24.0. The van der Waals surface area contributed by atoms with E-state index in [0.29, 0.717) is 28.3 Å². The van der Waals surface area contributed by atoms with E-state index in [4.69, 9.17) is 4.74 Å². The molecule has 0 spiro atoms. The van der Waals surface area contributed by atoms with Crippen molar-refractivity contribution in [2.75, 3.05) is 50.1 Å². The summed E-state index contributed by atoms with van der Waals surface area (Å²) in [6.07, 6.45) is -3.01. The topological polar surface area (TPSA) is 66.4 Å². The van der Waals surface area contributed by atoms with Crippen molar-refractivity contribution in [2.45, 2.75) is 33.0 Å². The maximum atomic E-state index is 13.4. The van der Waals surface area contributed by atoms with E-state index in [1.807, 2.05) is 13.0 Å². The molecule has 0 bridgehead atoms. The molecular weight excluding hydrogens is 445 g/mol. The van der Waals surface area contributed by atoms with Crippen LogP contribution in [0.1, 0.15) is 36.6 Å². The summed E-state index contributed by atoms with van der Waals surface area (Å²) in [5.74, 6) is 1.00. The molecule has 4 rings (SSSR count). The third-order valence-corrected chi connectivity index (χ3v) is 6.42. The largest absolute Gasteiger partial charge is 0.479 e. The second-order valence-corrected chi connectivity index (χ2v) is 8.42. The highest BCUT2D eigenvalue weighted by Gasteiger charge is 2.33. The van der Waals surface area contributed by atoms with Crippen molar-refractivity contribution in [2.24, 2.45) is 0 Å². The molecule has 1 fully saturated rings. The number of halogens is 3. The van der Waals surface area contributed by atoms with E-state index in [9.17, 15) is 13.2 Å². The standard InChI is InChI=1S/C24H29F3N6O/c1-5-32-9-11-33(12-10-32)20-13-18-21(28-14-29-22(18)31-23(20)34-4)30-16(3)17-7-6-8-19(15(17)2)24(25,26)27/h6-8,13-14,16H,5,9-12H2,1-4H3,(H,28,29,30,31)/t16-/m1/s1. The van der Waals surface area contributed by atoms with E-state index in [-0.39, 0.29) is 5.56 Å². The van der Waals surface area contributed by atoms with Crippen LogP contribution in [-0.2, 0) is 6.18 Å². The van der Waals surface area contributed by atoms with E-state index in [0.717, 1.165) is 44.5 Å². The van der Waals surface area contributed by atoms with Gasteiger partial charge in [0.1, 0.15) is 17.8 Å². The van der Waals surface area contributed by atoms with Gasteiger partial charge < -0.3 is 19.9 Å². The zero-order valence-electron chi connectivity index (χ0n) is 19.8. The number of methoxy groups -OCH3 is 1. The monoisotopic (exact) mass is 474 g/mol. The molecule has 182 valence electrons. The van der Waals surface area contributed by atoms with Crippen molar-refractivity contribution in [3.63, 3.8) is 0 Å². The Morgan fingerprint density at radius 2 is 1.88 bits per heavy atom. The Balaban J connectivity index is 1.69. The molecule has 7 nitrogen and oxygen atoms in total. The summed E-state index contributed by atoms with van der Waals surface area (Å²) in [6, 6.07) is 5.77. The second kappa shape index (κ2) is 9.61. The van der Waals surface area contributed by atoms with Crippen molar-refractivity contribution in [3.8, 4) is 5.88 Å². The number of hydrogen-bond acceptors (Lipinski definition) is 7. The Hall–Kier alpha value is -3.14. The summed E-state index contributed by atoms with van der Waals surface area (Å²) < 4.78 is 45.8. The van der Waals surface area contributed by atoms with Gasteiger partial charge in [0.2, 0.25) is 5.88 Å². The molecule has 0 saturated carbocycles. The van der Waals surface area contributed by atoms with Crippen LogP contribution in [0.3, 0.4) is 0 Å². The van der Waals surface area contributed by atoms with Crippen LogP contribution in [0.5, 0.6) is 5.88 Å². The highest BCUT2D eigenvalue weighted by atomic mass is 19.4. The normalized spacial score (nSPS) is 16.0. The summed E-state index contributed by atoms with van der Waals surface area (Å²) in [7, 11) is 1.58. The average Bonchev–Trinajstić information content (AvgIpc) is 2.82. The fraction of sp³-hybridized carbons (Fsp3) is 0.458. The Bertz CT molecular complexity index is 1160. The molecule has 1 N–H and O–H groups in total. The zero-order chi connectivity index (χ0) is 24.5. The number of ether oxygens (including phenoxy) is 1. The molecule has 10 heteroatoms. The van der Waals surface area contributed by atoms with Crippen LogP contribution in [-0.4, -0.2) is 59.7 Å². The van der Waals surface area contributed by atoms with Gasteiger partial charge in [0, 0.05) is 26.2 Å². The lowest BCUT2D eigenvalue weighted by Gasteiger charge is -2.35. The molecule has 0 radical (unpaired) electrons. The van der Waals surface area contributed by atoms with Gasteiger partial charge in [0.05, 0.1) is 24.1 Å². The Labute approximate surface area is 197 Å². The van der Waals surface area contributed by atoms with Gasteiger partial charge in [-0.1, -0.05) is 19.1 Å². The van der Waals surface area contributed by atoms with E-state index in [2.05, 4.69) is 37.0 Å². The molecule has 0 amide bonds. The molecule has 2 aromatic heterocycles. The average molecular weight is 475 g/mol. The van der Waals surface area contributed by atoms with E-state index >= 15 is 0 Å². The molecule has 1 aromatic carbocycles. The minimum Gasteiger partial charge on any atom is -0.479 e. The number of hydrogen-bond donors (Lipinski definition) is 1. The van der Waals surface area contributed by atoms with Crippen LogP contribution >= 0.6 is 0 Å². The molecule has 1 aliphatic heterocycles. The lowest BCUT2D eigenvalue weighted by molar-refractivity contribution is -0.138. The lowest BCUT2D eigenvalue weighted by Crippen LogP contribution is -2.46. The number of nitrogens with zero attached hydrogens (tertiary/aromatic N) is 5. The van der Waals surface area contributed by atoms with E-state index in [1.165, 1.54) is 19.3 Å². The van der Waals surface area contributed by atoms with Gasteiger partial charge in [-0.15, -0.1) is 0 Å². The minimum absolute atomic E-state index is 0.197.